The first-order valence-electron chi connectivity index (χ1n) is 8.15. The lowest BCUT2D eigenvalue weighted by Gasteiger charge is -2.34. The van der Waals surface area contributed by atoms with Crippen molar-refractivity contribution in [3.05, 3.63) is 34.9 Å². The Morgan fingerprint density at radius 1 is 1.13 bits per heavy atom. The number of β-amino-alcohol motifs (C(OH)–C–C–N with tert-alkyl or cyclic N) is 1. The van der Waals surface area contributed by atoms with Crippen molar-refractivity contribution in [2.75, 3.05) is 59.9 Å². The summed E-state index contributed by atoms with van der Waals surface area (Å²) in [5.74, 6) is 0. The van der Waals surface area contributed by atoms with E-state index in [-0.39, 0.29) is 0 Å². The molecule has 0 radical (unpaired) electrons. The number of halogens is 1. The minimum atomic E-state index is -0.649. The van der Waals surface area contributed by atoms with Gasteiger partial charge < -0.3 is 20.0 Å². The van der Waals surface area contributed by atoms with Gasteiger partial charge >= 0.3 is 0 Å². The van der Waals surface area contributed by atoms with Crippen molar-refractivity contribution in [2.24, 2.45) is 0 Å². The van der Waals surface area contributed by atoms with Crippen LogP contribution < -0.4 is 0 Å². The van der Waals surface area contributed by atoms with Crippen LogP contribution in [0.5, 0.6) is 0 Å². The molecule has 2 N–H and O–H groups in total. The molecule has 0 saturated carbocycles. The second-order valence-corrected chi connectivity index (χ2v) is 6.92. The monoisotopic (exact) mass is 341 g/mol. The van der Waals surface area contributed by atoms with E-state index in [0.717, 1.165) is 31.7 Å². The lowest BCUT2D eigenvalue weighted by molar-refractivity contribution is 0.0473. The molecule has 1 fully saturated rings. The minimum absolute atomic E-state index is 0.415. The molecule has 0 spiro atoms. The molecule has 2 unspecified atom stereocenters. The van der Waals surface area contributed by atoms with Crippen molar-refractivity contribution >= 4 is 11.6 Å². The first kappa shape index (κ1) is 18.6. The smallest absolute Gasteiger partial charge is 0.0931 e. The molecule has 1 aromatic rings. The maximum absolute atomic E-state index is 10.3. The molecule has 0 amide bonds. The first-order valence-corrected chi connectivity index (χ1v) is 8.53. The summed E-state index contributed by atoms with van der Waals surface area (Å²) in [6.07, 6.45) is -1.06. The van der Waals surface area contributed by atoms with Gasteiger partial charge in [-0.2, -0.15) is 0 Å². The summed E-state index contributed by atoms with van der Waals surface area (Å²) in [6, 6.07) is 7.33. The third kappa shape index (κ3) is 6.03. The zero-order valence-corrected chi connectivity index (χ0v) is 14.8. The van der Waals surface area contributed by atoms with Crippen molar-refractivity contribution in [1.29, 1.82) is 0 Å². The molecule has 1 aromatic carbocycles. The van der Waals surface area contributed by atoms with E-state index in [4.69, 9.17) is 11.6 Å². The zero-order valence-electron chi connectivity index (χ0n) is 14.0. The number of hydrogen-bond acceptors (Lipinski definition) is 5. The Morgan fingerprint density at radius 2 is 1.78 bits per heavy atom. The number of piperazine rings is 1. The van der Waals surface area contributed by atoms with E-state index in [2.05, 4.69) is 16.8 Å². The molecular weight excluding hydrogens is 314 g/mol. The van der Waals surface area contributed by atoms with Crippen molar-refractivity contribution in [1.82, 2.24) is 14.7 Å². The number of hydrogen-bond donors (Lipinski definition) is 2. The predicted octanol–water partition coefficient (Wildman–Crippen LogP) is 0.914. The van der Waals surface area contributed by atoms with Gasteiger partial charge in [0.25, 0.3) is 0 Å². The number of likely N-dealkylation sites (N-methyl/N-ethyl adjacent to an activating group) is 2. The summed E-state index contributed by atoms with van der Waals surface area (Å²) < 4.78 is 0. The molecule has 1 saturated heterocycles. The van der Waals surface area contributed by atoms with Crippen molar-refractivity contribution in [2.45, 2.75) is 12.2 Å². The summed E-state index contributed by atoms with van der Waals surface area (Å²) in [4.78, 5) is 6.55. The number of aliphatic hydroxyl groups is 2. The summed E-state index contributed by atoms with van der Waals surface area (Å²) in [5.41, 5.74) is 0.731. The van der Waals surface area contributed by atoms with Crippen molar-refractivity contribution < 1.29 is 10.2 Å². The number of aliphatic hydroxyl groups excluding tert-OH is 2. The Balaban J connectivity index is 1.75. The van der Waals surface area contributed by atoms with Crippen LogP contribution in [-0.4, -0.2) is 90.9 Å². The van der Waals surface area contributed by atoms with E-state index < -0.39 is 12.2 Å². The molecule has 130 valence electrons. The summed E-state index contributed by atoms with van der Waals surface area (Å²) in [5, 5.41) is 21.2. The fourth-order valence-corrected chi connectivity index (χ4v) is 3.22. The topological polar surface area (TPSA) is 50.2 Å². The molecular formula is C17H28ClN3O2. The van der Waals surface area contributed by atoms with Crippen LogP contribution in [0.4, 0.5) is 0 Å². The molecule has 1 aliphatic heterocycles. The molecule has 0 bridgehead atoms. The van der Waals surface area contributed by atoms with Crippen molar-refractivity contribution in [3.63, 3.8) is 0 Å². The van der Waals surface area contributed by atoms with E-state index in [1.807, 2.05) is 30.1 Å². The lowest BCUT2D eigenvalue weighted by Crippen LogP contribution is -2.48. The largest absolute Gasteiger partial charge is 0.390 e. The van der Waals surface area contributed by atoms with Crippen LogP contribution in [0.2, 0.25) is 5.02 Å². The number of rotatable bonds is 7. The molecule has 0 aliphatic carbocycles. The van der Waals surface area contributed by atoms with Gasteiger partial charge in [0.15, 0.2) is 0 Å². The molecule has 5 nitrogen and oxygen atoms in total. The minimum Gasteiger partial charge on any atom is -0.390 e. The lowest BCUT2D eigenvalue weighted by atomic mass is 10.1. The molecule has 6 heteroatoms. The Morgan fingerprint density at radius 3 is 2.43 bits per heavy atom. The van der Waals surface area contributed by atoms with E-state index in [1.54, 1.807) is 6.07 Å². The number of benzene rings is 1. The van der Waals surface area contributed by atoms with Crippen LogP contribution in [0.1, 0.15) is 11.7 Å². The Bertz CT molecular complexity index is 481. The number of nitrogens with zero attached hydrogens (tertiary/aromatic N) is 3. The van der Waals surface area contributed by atoms with E-state index >= 15 is 0 Å². The average molecular weight is 342 g/mol. The summed E-state index contributed by atoms with van der Waals surface area (Å²) in [7, 11) is 4.03. The predicted molar refractivity (Wildman–Crippen MR) is 93.9 cm³/mol. The normalized spacial score (nSPS) is 19.9. The SMILES string of the molecule is CN1CCN(CC(O)CN(C)CC(O)c2ccccc2Cl)CC1. The third-order valence-electron chi connectivity index (χ3n) is 4.34. The highest BCUT2D eigenvalue weighted by molar-refractivity contribution is 6.31. The zero-order chi connectivity index (χ0) is 16.8. The summed E-state index contributed by atoms with van der Waals surface area (Å²) >= 11 is 6.11. The van der Waals surface area contributed by atoms with Gasteiger partial charge in [-0.3, -0.25) is 4.90 Å². The standard InChI is InChI=1S/C17H28ClN3O2/c1-19-7-9-21(10-8-19)12-14(22)11-20(2)13-17(23)15-5-3-4-6-16(15)18/h3-6,14,17,22-23H,7-13H2,1-2H3. The van der Waals surface area contributed by atoms with Gasteiger partial charge in [-0.25, -0.2) is 0 Å². The van der Waals surface area contributed by atoms with Crippen molar-refractivity contribution in [3.8, 4) is 0 Å². The van der Waals surface area contributed by atoms with Gasteiger partial charge in [-0.05, 0) is 20.2 Å². The second kappa shape index (κ2) is 8.97. The highest BCUT2D eigenvalue weighted by Crippen LogP contribution is 2.22. The molecule has 0 aromatic heterocycles. The molecule has 2 rings (SSSR count). The summed E-state index contributed by atoms with van der Waals surface area (Å²) in [6.45, 7) is 5.76. The van der Waals surface area contributed by atoms with Gasteiger partial charge in [0, 0.05) is 56.4 Å². The van der Waals surface area contributed by atoms with Crippen LogP contribution in [-0.2, 0) is 0 Å². The maximum Gasteiger partial charge on any atom is 0.0931 e. The van der Waals surface area contributed by atoms with Crippen LogP contribution in [0, 0.1) is 0 Å². The first-order chi connectivity index (χ1) is 11.0. The van der Waals surface area contributed by atoms with Gasteiger partial charge in [0.05, 0.1) is 12.2 Å². The molecule has 1 heterocycles. The Labute approximate surface area is 144 Å². The highest BCUT2D eigenvalue weighted by Gasteiger charge is 2.19. The highest BCUT2D eigenvalue weighted by atomic mass is 35.5. The Hall–Kier alpha value is -0.690. The van der Waals surface area contributed by atoms with Crippen LogP contribution >= 0.6 is 11.6 Å². The van der Waals surface area contributed by atoms with Crippen LogP contribution in [0.3, 0.4) is 0 Å². The third-order valence-corrected chi connectivity index (χ3v) is 4.68. The van der Waals surface area contributed by atoms with E-state index in [0.29, 0.717) is 24.7 Å². The molecule has 2 atom stereocenters. The van der Waals surface area contributed by atoms with E-state index in [9.17, 15) is 10.2 Å². The molecule has 23 heavy (non-hydrogen) atoms. The fourth-order valence-electron chi connectivity index (χ4n) is 2.96. The Kier molecular flexibility index (Phi) is 7.27. The van der Waals surface area contributed by atoms with E-state index in [1.165, 1.54) is 0 Å². The maximum atomic E-state index is 10.3. The van der Waals surface area contributed by atoms with Crippen LogP contribution in [0.25, 0.3) is 0 Å². The molecule has 1 aliphatic rings. The second-order valence-electron chi connectivity index (χ2n) is 6.52. The van der Waals surface area contributed by atoms with Gasteiger partial charge in [-0.1, -0.05) is 29.8 Å². The van der Waals surface area contributed by atoms with Gasteiger partial charge in [-0.15, -0.1) is 0 Å². The van der Waals surface area contributed by atoms with Gasteiger partial charge in [0.1, 0.15) is 0 Å². The fraction of sp³-hybridized carbons (Fsp3) is 0.647. The average Bonchev–Trinajstić information content (AvgIpc) is 2.49. The van der Waals surface area contributed by atoms with Crippen LogP contribution in [0.15, 0.2) is 24.3 Å². The van der Waals surface area contributed by atoms with Gasteiger partial charge in [0.2, 0.25) is 0 Å². The quantitative estimate of drug-likeness (QED) is 0.772.